The first-order chi connectivity index (χ1) is 19.7. The van der Waals surface area contributed by atoms with E-state index in [4.69, 9.17) is 11.6 Å². The molecule has 11 heteroatoms. The lowest BCUT2D eigenvalue weighted by atomic mass is 9.86. The molecule has 1 aromatic carbocycles. The van der Waals surface area contributed by atoms with Gasteiger partial charge in [-0.1, -0.05) is 17.7 Å². The number of halogens is 1. The molecule has 220 valence electrons. The molecule has 0 bridgehead atoms. The number of nitrogens with one attached hydrogen (secondary N) is 2. The van der Waals surface area contributed by atoms with Crippen LogP contribution < -0.4 is 5.32 Å². The van der Waals surface area contributed by atoms with Crippen molar-refractivity contribution in [1.29, 1.82) is 0 Å². The van der Waals surface area contributed by atoms with Crippen LogP contribution in [0.25, 0.3) is 12.2 Å². The SMILES string of the molecule is Cc1cc(/C=C\c2nc(Nc3cc(C)c(C4CCN(S(=O)(=O)CCCN5CCCC5)CC4)cc3C)ncc2Cl)n[nH]1. The molecule has 2 aliphatic rings. The number of hydrogen-bond donors (Lipinski definition) is 2. The fourth-order valence-corrected chi connectivity index (χ4v) is 7.50. The molecule has 2 saturated heterocycles. The van der Waals surface area contributed by atoms with Gasteiger partial charge in [0.1, 0.15) is 0 Å². The third-order valence-electron chi connectivity index (χ3n) is 8.13. The van der Waals surface area contributed by atoms with Crippen molar-refractivity contribution in [3.05, 3.63) is 63.2 Å². The molecular formula is C30H40ClN7O2S. The highest BCUT2D eigenvalue weighted by atomic mass is 35.5. The maximum atomic E-state index is 13.0. The van der Waals surface area contributed by atoms with E-state index in [1.807, 2.05) is 25.1 Å². The van der Waals surface area contributed by atoms with Crippen LogP contribution in [-0.2, 0) is 10.0 Å². The van der Waals surface area contributed by atoms with Crippen LogP contribution in [0.3, 0.4) is 0 Å². The van der Waals surface area contributed by atoms with Gasteiger partial charge >= 0.3 is 0 Å². The average molecular weight is 598 g/mol. The Morgan fingerprint density at radius 3 is 2.51 bits per heavy atom. The number of H-pyrrole nitrogens is 1. The van der Waals surface area contributed by atoms with Gasteiger partial charge in [-0.3, -0.25) is 5.10 Å². The molecule has 0 spiro atoms. The molecule has 5 rings (SSSR count). The summed E-state index contributed by atoms with van der Waals surface area (Å²) in [6, 6.07) is 6.29. The zero-order valence-electron chi connectivity index (χ0n) is 24.2. The maximum Gasteiger partial charge on any atom is 0.227 e. The second-order valence-electron chi connectivity index (χ2n) is 11.3. The number of rotatable bonds is 10. The number of aromatic nitrogens is 4. The number of anilines is 2. The molecule has 3 aromatic rings. The molecule has 2 aromatic heterocycles. The van der Waals surface area contributed by atoms with Crippen molar-refractivity contribution < 1.29 is 8.42 Å². The molecule has 4 heterocycles. The van der Waals surface area contributed by atoms with Gasteiger partial charge in [0, 0.05) is 24.5 Å². The molecule has 0 atom stereocenters. The number of hydrogen-bond acceptors (Lipinski definition) is 7. The van der Waals surface area contributed by atoms with Crippen molar-refractivity contribution >= 4 is 45.4 Å². The number of sulfonamides is 1. The minimum absolute atomic E-state index is 0.250. The van der Waals surface area contributed by atoms with Gasteiger partial charge in [0.15, 0.2) is 0 Å². The number of piperidine rings is 1. The first kappa shape index (κ1) is 29.7. The van der Waals surface area contributed by atoms with E-state index >= 15 is 0 Å². The maximum absolute atomic E-state index is 13.0. The Balaban J connectivity index is 1.20. The number of benzene rings is 1. The average Bonchev–Trinajstić information content (AvgIpc) is 3.62. The Labute approximate surface area is 248 Å². The molecule has 0 unspecified atom stereocenters. The summed E-state index contributed by atoms with van der Waals surface area (Å²) in [6.07, 6.45) is 10.1. The molecule has 2 N–H and O–H groups in total. The van der Waals surface area contributed by atoms with Gasteiger partial charge < -0.3 is 10.2 Å². The van der Waals surface area contributed by atoms with Crippen LogP contribution in [0.1, 0.15) is 71.8 Å². The van der Waals surface area contributed by atoms with Gasteiger partial charge in [-0.05, 0) is 119 Å². The van der Waals surface area contributed by atoms with Crippen LogP contribution in [0, 0.1) is 20.8 Å². The Morgan fingerprint density at radius 1 is 1.05 bits per heavy atom. The number of aromatic amines is 1. The van der Waals surface area contributed by atoms with Gasteiger partial charge in [0.05, 0.1) is 28.4 Å². The molecule has 0 amide bonds. The van der Waals surface area contributed by atoms with Crippen LogP contribution in [0.5, 0.6) is 0 Å². The van der Waals surface area contributed by atoms with E-state index < -0.39 is 10.0 Å². The topological polar surface area (TPSA) is 107 Å². The van der Waals surface area contributed by atoms with E-state index in [9.17, 15) is 8.42 Å². The zero-order chi connectivity index (χ0) is 29.0. The van der Waals surface area contributed by atoms with Gasteiger partial charge in [0.25, 0.3) is 0 Å². The van der Waals surface area contributed by atoms with E-state index in [-0.39, 0.29) is 5.75 Å². The summed E-state index contributed by atoms with van der Waals surface area (Å²) >= 11 is 6.35. The van der Waals surface area contributed by atoms with Crippen LogP contribution in [-0.4, -0.2) is 76.3 Å². The number of aryl methyl sites for hydroxylation is 3. The minimum Gasteiger partial charge on any atom is -0.324 e. The van der Waals surface area contributed by atoms with Gasteiger partial charge in [-0.2, -0.15) is 5.10 Å². The second-order valence-corrected chi connectivity index (χ2v) is 13.8. The number of nitrogens with zero attached hydrogens (tertiary/aromatic N) is 5. The van der Waals surface area contributed by atoms with E-state index in [2.05, 4.69) is 56.4 Å². The minimum atomic E-state index is -3.20. The zero-order valence-corrected chi connectivity index (χ0v) is 25.7. The number of likely N-dealkylation sites (tertiary alicyclic amines) is 1. The Hall–Kier alpha value is -2.79. The monoisotopic (exact) mass is 597 g/mol. The van der Waals surface area contributed by atoms with Crippen molar-refractivity contribution in [1.82, 2.24) is 29.4 Å². The highest BCUT2D eigenvalue weighted by molar-refractivity contribution is 7.89. The first-order valence-corrected chi connectivity index (χ1v) is 16.5. The molecule has 2 aliphatic heterocycles. The molecular weight excluding hydrogens is 558 g/mol. The lowest BCUT2D eigenvalue weighted by Crippen LogP contribution is -2.39. The first-order valence-electron chi connectivity index (χ1n) is 14.5. The third kappa shape index (κ3) is 7.54. The van der Waals surface area contributed by atoms with E-state index in [1.165, 1.54) is 24.0 Å². The lowest BCUT2D eigenvalue weighted by Gasteiger charge is -2.32. The normalized spacial score (nSPS) is 17.6. The van der Waals surface area contributed by atoms with Crippen molar-refractivity contribution in [3.8, 4) is 0 Å². The van der Waals surface area contributed by atoms with E-state index in [0.29, 0.717) is 42.1 Å². The molecule has 41 heavy (non-hydrogen) atoms. The Morgan fingerprint density at radius 2 is 1.80 bits per heavy atom. The summed E-state index contributed by atoms with van der Waals surface area (Å²) in [7, 11) is -3.20. The van der Waals surface area contributed by atoms with Crippen LogP contribution in [0.15, 0.2) is 24.4 Å². The second kappa shape index (κ2) is 13.0. The summed E-state index contributed by atoms with van der Waals surface area (Å²) in [5.74, 6) is 1.05. The van der Waals surface area contributed by atoms with Crippen molar-refractivity contribution in [2.24, 2.45) is 0 Å². The summed E-state index contributed by atoms with van der Waals surface area (Å²) in [5.41, 5.74) is 6.87. The van der Waals surface area contributed by atoms with Crippen molar-refractivity contribution in [2.45, 2.75) is 58.8 Å². The quantitative estimate of drug-likeness (QED) is 0.309. The summed E-state index contributed by atoms with van der Waals surface area (Å²) < 4.78 is 27.7. The molecule has 9 nitrogen and oxygen atoms in total. The molecule has 0 saturated carbocycles. The molecule has 0 radical (unpaired) electrons. The van der Waals surface area contributed by atoms with Crippen LogP contribution in [0.2, 0.25) is 5.02 Å². The van der Waals surface area contributed by atoms with Crippen molar-refractivity contribution in [3.63, 3.8) is 0 Å². The Kier molecular flexibility index (Phi) is 9.43. The predicted molar refractivity (Wildman–Crippen MR) is 166 cm³/mol. The summed E-state index contributed by atoms with van der Waals surface area (Å²) in [5, 5.41) is 10.9. The predicted octanol–water partition coefficient (Wildman–Crippen LogP) is 5.69. The molecule has 0 aliphatic carbocycles. The summed E-state index contributed by atoms with van der Waals surface area (Å²) in [4.78, 5) is 11.4. The van der Waals surface area contributed by atoms with Crippen LogP contribution in [0.4, 0.5) is 11.6 Å². The smallest absolute Gasteiger partial charge is 0.227 e. The standard InChI is InChI=1S/C30H40ClN7O2S/c1-21-18-29(34-30-32-20-27(31)28(33-30)8-7-25-19-23(3)35-36-25)22(2)17-26(21)24-9-14-38(15-10-24)41(39,40)16-6-13-37-11-4-5-12-37/h7-8,17-20,24H,4-6,9-16H2,1-3H3,(H,35,36)(H,32,33,34)/b8-7-. The fourth-order valence-electron chi connectivity index (χ4n) is 5.83. The van der Waals surface area contributed by atoms with Gasteiger partial charge in [0.2, 0.25) is 16.0 Å². The van der Waals surface area contributed by atoms with Crippen molar-refractivity contribution in [2.75, 3.05) is 43.8 Å². The molecule has 2 fully saturated rings. The van der Waals surface area contributed by atoms with E-state index in [1.54, 1.807) is 10.5 Å². The highest BCUT2D eigenvalue weighted by Crippen LogP contribution is 2.34. The fraction of sp³-hybridized carbons (Fsp3) is 0.500. The third-order valence-corrected chi connectivity index (χ3v) is 10.4. The van der Waals surface area contributed by atoms with Gasteiger partial charge in [-0.25, -0.2) is 22.7 Å². The Bertz CT molecular complexity index is 1490. The summed E-state index contributed by atoms with van der Waals surface area (Å²) in [6.45, 7) is 10.4. The van der Waals surface area contributed by atoms with Gasteiger partial charge in [-0.15, -0.1) is 0 Å². The van der Waals surface area contributed by atoms with E-state index in [0.717, 1.165) is 55.1 Å². The largest absolute Gasteiger partial charge is 0.324 e. The lowest BCUT2D eigenvalue weighted by molar-refractivity contribution is 0.314. The highest BCUT2D eigenvalue weighted by Gasteiger charge is 2.29. The van der Waals surface area contributed by atoms with Crippen LogP contribution >= 0.6 is 11.6 Å².